The van der Waals surface area contributed by atoms with Gasteiger partial charge >= 0.3 is 6.18 Å². The zero-order chi connectivity index (χ0) is 15.5. The Morgan fingerprint density at radius 3 is 2.62 bits per heavy atom. The predicted molar refractivity (Wildman–Crippen MR) is 74.3 cm³/mol. The lowest BCUT2D eigenvalue weighted by atomic mass is 10.1. The second-order valence-corrected chi connectivity index (χ2v) is 4.52. The Morgan fingerprint density at radius 1 is 1.19 bits per heavy atom. The Hall–Kier alpha value is -2.30. The highest BCUT2D eigenvalue weighted by Gasteiger charge is 2.30. The van der Waals surface area contributed by atoms with Crippen LogP contribution < -0.4 is 4.84 Å². The number of rotatable bonds is 3. The molecule has 0 fully saturated rings. The number of hydrogen-bond donors (Lipinski definition) is 0. The molecule has 0 spiro atoms. The zero-order valence-electron chi connectivity index (χ0n) is 11.5. The lowest BCUT2D eigenvalue weighted by Gasteiger charge is -2.08. The van der Waals surface area contributed by atoms with E-state index < -0.39 is 11.7 Å². The Morgan fingerprint density at radius 2 is 1.95 bits per heavy atom. The molecule has 0 aromatic heterocycles. The van der Waals surface area contributed by atoms with E-state index in [1.54, 1.807) is 13.0 Å². The molecule has 5 heteroatoms. The first-order chi connectivity index (χ1) is 9.88. The predicted octanol–water partition coefficient (Wildman–Crippen LogP) is 4.62. The minimum atomic E-state index is -4.40. The largest absolute Gasteiger partial charge is 0.416 e. The molecule has 0 atom stereocenters. The van der Waals surface area contributed by atoms with Crippen LogP contribution in [0.3, 0.4) is 0 Å². The van der Waals surface area contributed by atoms with Gasteiger partial charge in [0.05, 0.1) is 11.3 Å². The summed E-state index contributed by atoms with van der Waals surface area (Å²) in [6.07, 6.45) is -4.40. The Bertz CT molecular complexity index is 663. The number of aryl methyl sites for hydroxylation is 1. The zero-order valence-corrected chi connectivity index (χ0v) is 11.5. The summed E-state index contributed by atoms with van der Waals surface area (Å²) in [5, 5.41) is 3.87. The average Bonchev–Trinajstić information content (AvgIpc) is 2.45. The van der Waals surface area contributed by atoms with Gasteiger partial charge in [0.2, 0.25) is 0 Å². The summed E-state index contributed by atoms with van der Waals surface area (Å²) >= 11 is 0. The summed E-state index contributed by atoms with van der Waals surface area (Å²) in [4.78, 5) is 5.08. The van der Waals surface area contributed by atoms with Crippen molar-refractivity contribution in [2.24, 2.45) is 5.16 Å². The van der Waals surface area contributed by atoms with Crippen LogP contribution in [0.15, 0.2) is 47.6 Å². The van der Waals surface area contributed by atoms with Crippen LogP contribution in [-0.4, -0.2) is 5.71 Å². The van der Waals surface area contributed by atoms with Crippen molar-refractivity contribution in [1.29, 1.82) is 0 Å². The van der Waals surface area contributed by atoms with Crippen LogP contribution in [0.4, 0.5) is 13.2 Å². The molecule has 109 valence electrons. The fraction of sp³-hybridized carbons (Fsp3) is 0.188. The first-order valence-corrected chi connectivity index (χ1v) is 6.24. The number of nitrogens with zero attached hydrogens (tertiary/aromatic N) is 1. The lowest BCUT2D eigenvalue weighted by molar-refractivity contribution is -0.137. The summed E-state index contributed by atoms with van der Waals surface area (Å²) in [5.74, 6) is 0.0396. The van der Waals surface area contributed by atoms with Crippen molar-refractivity contribution in [2.45, 2.75) is 20.0 Å². The first-order valence-electron chi connectivity index (χ1n) is 6.24. The SMILES string of the molecule is C/C(=N\Oc1cccc(C(F)(F)F)c1)c1[c]cccc1C. The van der Waals surface area contributed by atoms with E-state index in [0.717, 1.165) is 23.3 Å². The highest BCUT2D eigenvalue weighted by molar-refractivity contribution is 5.99. The number of benzene rings is 2. The third-order valence-electron chi connectivity index (χ3n) is 2.88. The third-order valence-corrected chi connectivity index (χ3v) is 2.88. The van der Waals surface area contributed by atoms with Crippen LogP contribution in [-0.2, 0) is 6.18 Å². The fourth-order valence-corrected chi connectivity index (χ4v) is 1.81. The normalized spacial score (nSPS) is 12.3. The molecule has 1 radical (unpaired) electrons. The molecular formula is C16H13F3NO. The van der Waals surface area contributed by atoms with Gasteiger partial charge in [-0.2, -0.15) is 13.2 Å². The highest BCUT2D eigenvalue weighted by atomic mass is 19.4. The van der Waals surface area contributed by atoms with Gasteiger partial charge in [-0.3, -0.25) is 0 Å². The molecule has 0 aliphatic heterocycles. The molecule has 2 nitrogen and oxygen atoms in total. The quantitative estimate of drug-likeness (QED) is 0.597. The standard InChI is InChI=1S/C16H13F3NO/c1-11-6-3-4-9-15(11)12(2)20-21-14-8-5-7-13(10-14)16(17,18)19/h3-8,10H,1-2H3/b20-12+. The molecule has 0 aliphatic carbocycles. The van der Waals surface area contributed by atoms with Crippen LogP contribution in [0.25, 0.3) is 0 Å². The van der Waals surface area contributed by atoms with Gasteiger partial charge in [-0.15, -0.1) is 0 Å². The lowest BCUT2D eigenvalue weighted by Crippen LogP contribution is -2.05. The average molecular weight is 292 g/mol. The summed E-state index contributed by atoms with van der Waals surface area (Å²) < 4.78 is 37.8. The third kappa shape index (κ3) is 3.84. The second kappa shape index (κ2) is 5.99. The number of halogens is 3. The molecule has 2 rings (SSSR count). The van der Waals surface area contributed by atoms with Gasteiger partial charge in [-0.05, 0) is 43.7 Å². The van der Waals surface area contributed by atoms with E-state index >= 15 is 0 Å². The van der Waals surface area contributed by atoms with Crippen LogP contribution in [0.2, 0.25) is 0 Å². The van der Waals surface area contributed by atoms with E-state index in [1.165, 1.54) is 12.1 Å². The first kappa shape index (κ1) is 15.1. The number of hydrogen-bond acceptors (Lipinski definition) is 2. The van der Waals surface area contributed by atoms with Crippen molar-refractivity contribution in [3.05, 3.63) is 65.2 Å². The molecule has 0 heterocycles. The molecular weight excluding hydrogens is 279 g/mol. The van der Waals surface area contributed by atoms with Crippen LogP contribution in [0, 0.1) is 13.0 Å². The molecule has 2 aromatic carbocycles. The van der Waals surface area contributed by atoms with Crippen molar-refractivity contribution in [3.63, 3.8) is 0 Å². The van der Waals surface area contributed by atoms with Gasteiger partial charge < -0.3 is 4.84 Å². The molecule has 0 aliphatic rings. The van der Waals surface area contributed by atoms with E-state index in [9.17, 15) is 13.2 Å². The molecule has 0 saturated heterocycles. The van der Waals surface area contributed by atoms with Crippen molar-refractivity contribution in [2.75, 3.05) is 0 Å². The van der Waals surface area contributed by atoms with E-state index in [2.05, 4.69) is 11.2 Å². The van der Waals surface area contributed by atoms with Crippen molar-refractivity contribution in [3.8, 4) is 5.75 Å². The summed E-state index contributed by atoms with van der Waals surface area (Å²) in [6.45, 7) is 3.61. The van der Waals surface area contributed by atoms with E-state index in [-0.39, 0.29) is 5.75 Å². The number of oxime groups is 1. The Balaban J connectivity index is 2.20. The van der Waals surface area contributed by atoms with E-state index in [4.69, 9.17) is 4.84 Å². The Labute approximate surface area is 120 Å². The maximum atomic E-state index is 12.6. The van der Waals surface area contributed by atoms with Gasteiger partial charge in [-0.25, -0.2) is 0 Å². The maximum Gasteiger partial charge on any atom is 0.416 e. The minimum absolute atomic E-state index is 0.0396. The Kier molecular flexibility index (Phi) is 4.31. The summed E-state index contributed by atoms with van der Waals surface area (Å²) in [5.41, 5.74) is 1.51. The molecule has 0 amide bonds. The van der Waals surface area contributed by atoms with Gasteiger partial charge in [-0.1, -0.05) is 29.4 Å². The minimum Gasteiger partial charge on any atom is -0.357 e. The molecule has 0 unspecified atom stereocenters. The van der Waals surface area contributed by atoms with Gasteiger partial charge in [0, 0.05) is 5.56 Å². The monoisotopic (exact) mass is 292 g/mol. The van der Waals surface area contributed by atoms with Crippen LogP contribution in [0.1, 0.15) is 23.6 Å². The van der Waals surface area contributed by atoms with Crippen molar-refractivity contribution >= 4 is 5.71 Å². The van der Waals surface area contributed by atoms with E-state index in [0.29, 0.717) is 5.71 Å². The highest BCUT2D eigenvalue weighted by Crippen LogP contribution is 2.31. The molecule has 0 saturated carbocycles. The van der Waals surface area contributed by atoms with Gasteiger partial charge in [0.1, 0.15) is 0 Å². The maximum absolute atomic E-state index is 12.6. The fourth-order valence-electron chi connectivity index (χ4n) is 1.81. The second-order valence-electron chi connectivity index (χ2n) is 4.52. The number of alkyl halides is 3. The topological polar surface area (TPSA) is 21.6 Å². The summed E-state index contributed by atoms with van der Waals surface area (Å²) in [7, 11) is 0. The van der Waals surface area contributed by atoms with Crippen molar-refractivity contribution < 1.29 is 18.0 Å². The molecule has 0 bridgehead atoms. The van der Waals surface area contributed by atoms with Crippen LogP contribution in [0.5, 0.6) is 5.75 Å². The van der Waals surface area contributed by atoms with Gasteiger partial charge in [0.15, 0.2) is 5.75 Å². The van der Waals surface area contributed by atoms with Gasteiger partial charge in [0.25, 0.3) is 0 Å². The molecule has 0 N–H and O–H groups in total. The van der Waals surface area contributed by atoms with Crippen molar-refractivity contribution in [1.82, 2.24) is 0 Å². The summed E-state index contributed by atoms with van der Waals surface area (Å²) in [6, 6.07) is 13.1. The van der Waals surface area contributed by atoms with E-state index in [1.807, 2.05) is 19.1 Å². The smallest absolute Gasteiger partial charge is 0.357 e. The van der Waals surface area contributed by atoms with Crippen LogP contribution >= 0.6 is 0 Å². The molecule has 2 aromatic rings. The molecule has 21 heavy (non-hydrogen) atoms.